The molecule has 0 amide bonds. The van der Waals surface area contributed by atoms with Gasteiger partial charge in [0.1, 0.15) is 5.75 Å². The third kappa shape index (κ3) is 4.67. The van der Waals surface area contributed by atoms with Crippen molar-refractivity contribution < 1.29 is 14.6 Å². The lowest BCUT2D eigenvalue weighted by atomic mass is 9.94. The monoisotopic (exact) mass is 393 g/mol. The summed E-state index contributed by atoms with van der Waals surface area (Å²) in [6.45, 7) is 2.38. The summed E-state index contributed by atoms with van der Waals surface area (Å²) in [4.78, 5) is 0. The molecule has 0 aliphatic carbocycles. The topological polar surface area (TPSA) is 68.5 Å². The standard InChI is InChI=1S/C23H27N3O3/c1-28-21-9-7-18(8-10-21)22-19(15-24-17-23(27)11-13-29-14-12-23)16-26(25-22)20-5-3-2-4-6-20/h2-10,16,24,27H,11-15,17H2,1H3. The van der Waals surface area contributed by atoms with E-state index >= 15 is 0 Å². The molecule has 29 heavy (non-hydrogen) atoms. The third-order valence-corrected chi connectivity index (χ3v) is 5.37. The van der Waals surface area contributed by atoms with Crippen molar-refractivity contribution >= 4 is 0 Å². The first-order valence-corrected chi connectivity index (χ1v) is 9.96. The molecular formula is C23H27N3O3. The lowest BCUT2D eigenvalue weighted by molar-refractivity contribution is -0.0616. The normalized spacial score (nSPS) is 15.9. The van der Waals surface area contributed by atoms with Gasteiger partial charge < -0.3 is 19.9 Å². The Hall–Kier alpha value is -2.67. The molecule has 0 saturated carbocycles. The maximum absolute atomic E-state index is 10.7. The number of rotatable bonds is 7. The second kappa shape index (κ2) is 8.78. The fourth-order valence-electron chi connectivity index (χ4n) is 3.60. The Morgan fingerprint density at radius 3 is 2.52 bits per heavy atom. The van der Waals surface area contributed by atoms with Gasteiger partial charge in [-0.1, -0.05) is 18.2 Å². The minimum absolute atomic E-state index is 0.537. The van der Waals surface area contributed by atoms with Crippen LogP contribution in [0.2, 0.25) is 0 Å². The van der Waals surface area contributed by atoms with Crippen LogP contribution in [-0.4, -0.2) is 47.4 Å². The number of hydrogen-bond acceptors (Lipinski definition) is 5. The van der Waals surface area contributed by atoms with E-state index in [1.165, 1.54) is 0 Å². The fraction of sp³-hybridized carbons (Fsp3) is 0.348. The molecule has 0 bridgehead atoms. The molecule has 6 heteroatoms. The van der Waals surface area contributed by atoms with Crippen LogP contribution in [0.15, 0.2) is 60.8 Å². The summed E-state index contributed by atoms with van der Waals surface area (Å²) in [5.41, 5.74) is 3.34. The van der Waals surface area contributed by atoms with Crippen LogP contribution in [0.1, 0.15) is 18.4 Å². The van der Waals surface area contributed by atoms with Gasteiger partial charge in [0.25, 0.3) is 0 Å². The summed E-state index contributed by atoms with van der Waals surface area (Å²) >= 11 is 0. The quantitative estimate of drug-likeness (QED) is 0.645. The summed E-state index contributed by atoms with van der Waals surface area (Å²) in [6, 6.07) is 18.0. The first-order chi connectivity index (χ1) is 14.2. The highest BCUT2D eigenvalue weighted by atomic mass is 16.5. The van der Waals surface area contributed by atoms with E-state index in [0.717, 1.165) is 28.3 Å². The summed E-state index contributed by atoms with van der Waals surface area (Å²) in [5, 5.41) is 19.0. The van der Waals surface area contributed by atoms with Crippen LogP contribution in [0.5, 0.6) is 5.75 Å². The zero-order chi connectivity index (χ0) is 20.1. The second-order valence-corrected chi connectivity index (χ2v) is 7.45. The van der Waals surface area contributed by atoms with Gasteiger partial charge in [0.05, 0.1) is 24.1 Å². The zero-order valence-electron chi connectivity index (χ0n) is 16.7. The van der Waals surface area contributed by atoms with Gasteiger partial charge in [0.2, 0.25) is 0 Å². The number of para-hydroxylation sites is 1. The number of aromatic nitrogens is 2. The molecule has 1 aliphatic heterocycles. The molecule has 1 saturated heterocycles. The number of nitrogens with one attached hydrogen (secondary N) is 1. The number of aliphatic hydroxyl groups is 1. The van der Waals surface area contributed by atoms with Crippen LogP contribution in [0.4, 0.5) is 0 Å². The molecule has 6 nitrogen and oxygen atoms in total. The van der Waals surface area contributed by atoms with E-state index in [2.05, 4.69) is 11.5 Å². The minimum Gasteiger partial charge on any atom is -0.497 e. The molecule has 4 rings (SSSR count). The Morgan fingerprint density at radius 2 is 1.83 bits per heavy atom. The van der Waals surface area contributed by atoms with Crippen molar-refractivity contribution in [1.29, 1.82) is 0 Å². The van der Waals surface area contributed by atoms with Crippen molar-refractivity contribution in [1.82, 2.24) is 15.1 Å². The van der Waals surface area contributed by atoms with Crippen LogP contribution >= 0.6 is 0 Å². The molecule has 1 aliphatic rings. The molecule has 0 atom stereocenters. The van der Waals surface area contributed by atoms with Crippen molar-refractivity contribution in [2.75, 3.05) is 26.9 Å². The average molecular weight is 393 g/mol. The predicted molar refractivity (Wildman–Crippen MR) is 112 cm³/mol. The predicted octanol–water partition coefficient (Wildman–Crippen LogP) is 3.18. The van der Waals surface area contributed by atoms with E-state index < -0.39 is 5.60 Å². The fourth-order valence-corrected chi connectivity index (χ4v) is 3.60. The Balaban J connectivity index is 1.57. The summed E-state index contributed by atoms with van der Waals surface area (Å²) in [6.07, 6.45) is 3.37. The number of hydrogen-bond donors (Lipinski definition) is 2. The smallest absolute Gasteiger partial charge is 0.118 e. The highest BCUT2D eigenvalue weighted by Gasteiger charge is 2.29. The molecule has 152 valence electrons. The van der Waals surface area contributed by atoms with E-state index in [-0.39, 0.29) is 0 Å². The number of ether oxygens (including phenoxy) is 2. The SMILES string of the molecule is COc1ccc(-c2nn(-c3ccccc3)cc2CNCC2(O)CCOCC2)cc1. The molecule has 0 unspecified atom stereocenters. The first kappa shape index (κ1) is 19.6. The Morgan fingerprint density at radius 1 is 1.10 bits per heavy atom. The molecule has 1 aromatic heterocycles. The zero-order valence-corrected chi connectivity index (χ0v) is 16.7. The van der Waals surface area contributed by atoms with E-state index in [1.54, 1.807) is 7.11 Å². The maximum Gasteiger partial charge on any atom is 0.118 e. The molecule has 2 N–H and O–H groups in total. The Kier molecular flexibility index (Phi) is 5.94. The largest absolute Gasteiger partial charge is 0.497 e. The average Bonchev–Trinajstić information content (AvgIpc) is 3.19. The molecule has 2 heterocycles. The lowest BCUT2D eigenvalue weighted by Gasteiger charge is -2.32. The van der Waals surface area contributed by atoms with Crippen molar-refractivity contribution in [3.8, 4) is 22.7 Å². The van der Waals surface area contributed by atoms with E-state index in [9.17, 15) is 5.11 Å². The van der Waals surface area contributed by atoms with Gasteiger partial charge in [-0.25, -0.2) is 4.68 Å². The van der Waals surface area contributed by atoms with Gasteiger partial charge in [0.15, 0.2) is 0 Å². The number of methoxy groups -OCH3 is 1. The van der Waals surface area contributed by atoms with Crippen LogP contribution < -0.4 is 10.1 Å². The summed E-state index contributed by atoms with van der Waals surface area (Å²) in [7, 11) is 1.66. The lowest BCUT2D eigenvalue weighted by Crippen LogP contribution is -2.44. The van der Waals surface area contributed by atoms with Crippen LogP contribution in [0.3, 0.4) is 0 Å². The molecule has 2 aromatic carbocycles. The van der Waals surface area contributed by atoms with E-state index in [0.29, 0.717) is 39.1 Å². The van der Waals surface area contributed by atoms with Gasteiger partial charge >= 0.3 is 0 Å². The van der Waals surface area contributed by atoms with Gasteiger partial charge in [-0.05, 0) is 36.4 Å². The molecule has 3 aromatic rings. The van der Waals surface area contributed by atoms with Crippen LogP contribution in [0.25, 0.3) is 16.9 Å². The summed E-state index contributed by atoms with van der Waals surface area (Å²) < 4.78 is 12.5. The van der Waals surface area contributed by atoms with Gasteiger partial charge in [-0.3, -0.25) is 0 Å². The second-order valence-electron chi connectivity index (χ2n) is 7.45. The molecule has 1 fully saturated rings. The number of benzene rings is 2. The van der Waals surface area contributed by atoms with Crippen molar-refractivity contribution in [2.45, 2.75) is 25.0 Å². The van der Waals surface area contributed by atoms with Gasteiger partial charge in [-0.2, -0.15) is 5.10 Å². The van der Waals surface area contributed by atoms with Gasteiger partial charge in [0, 0.05) is 56.5 Å². The summed E-state index contributed by atoms with van der Waals surface area (Å²) in [5.74, 6) is 0.817. The van der Waals surface area contributed by atoms with E-state index in [4.69, 9.17) is 14.6 Å². The van der Waals surface area contributed by atoms with Crippen molar-refractivity contribution in [3.63, 3.8) is 0 Å². The van der Waals surface area contributed by atoms with Gasteiger partial charge in [-0.15, -0.1) is 0 Å². The molecule has 0 spiro atoms. The molecule has 0 radical (unpaired) electrons. The van der Waals surface area contributed by atoms with Crippen molar-refractivity contribution in [2.24, 2.45) is 0 Å². The first-order valence-electron chi connectivity index (χ1n) is 9.96. The highest BCUT2D eigenvalue weighted by Crippen LogP contribution is 2.26. The van der Waals surface area contributed by atoms with Crippen LogP contribution in [-0.2, 0) is 11.3 Å². The highest BCUT2D eigenvalue weighted by molar-refractivity contribution is 5.64. The van der Waals surface area contributed by atoms with Crippen LogP contribution in [0, 0.1) is 0 Å². The maximum atomic E-state index is 10.7. The Bertz CT molecular complexity index is 916. The molecular weight excluding hydrogens is 366 g/mol. The minimum atomic E-state index is -0.700. The van der Waals surface area contributed by atoms with E-state index in [1.807, 2.05) is 59.3 Å². The Labute approximate surface area is 171 Å². The third-order valence-electron chi connectivity index (χ3n) is 5.37. The van der Waals surface area contributed by atoms with Crippen molar-refractivity contribution in [3.05, 3.63) is 66.4 Å². The number of nitrogens with zero attached hydrogens (tertiary/aromatic N) is 2.